The molecule has 0 fully saturated rings. The molecule has 3 aromatic heterocycles. The highest BCUT2D eigenvalue weighted by Gasteiger charge is 2.16. The van der Waals surface area contributed by atoms with E-state index in [1.54, 1.807) is 6.20 Å². The second-order valence-corrected chi connectivity index (χ2v) is 4.79. The number of hydrogen-bond acceptors (Lipinski definition) is 5. The first kappa shape index (κ1) is 13.4. The normalized spacial score (nSPS) is 11.0. The molecular weight excluding hydrogens is 266 g/mol. The van der Waals surface area contributed by atoms with Crippen LogP contribution in [-0.4, -0.2) is 26.1 Å². The van der Waals surface area contributed by atoms with E-state index in [0.717, 1.165) is 28.0 Å². The predicted octanol–water partition coefficient (Wildman–Crippen LogP) is 2.41. The fourth-order valence-electron chi connectivity index (χ4n) is 2.48. The number of nitrogen functional groups attached to an aromatic ring is 1. The van der Waals surface area contributed by atoms with Crippen LogP contribution in [-0.2, 0) is 0 Å². The van der Waals surface area contributed by atoms with Crippen molar-refractivity contribution >= 4 is 16.9 Å². The molecule has 3 rings (SSSR count). The summed E-state index contributed by atoms with van der Waals surface area (Å²) in [5.74, 6) is 1.11. The summed E-state index contributed by atoms with van der Waals surface area (Å²) >= 11 is 0. The molecule has 0 spiro atoms. The average molecular weight is 283 g/mol. The quantitative estimate of drug-likeness (QED) is 0.798. The smallest absolute Gasteiger partial charge is 0.213 e. The molecule has 0 aliphatic heterocycles. The Hall–Kier alpha value is -2.63. The zero-order chi connectivity index (χ0) is 15.0. The van der Waals surface area contributed by atoms with Crippen LogP contribution in [0.15, 0.2) is 24.7 Å². The SMILES string of the molecule is CCOc1ccc(-n2c(C)c(C)c3c(N)ncnc32)cn1. The van der Waals surface area contributed by atoms with Gasteiger partial charge in [-0.05, 0) is 32.4 Å². The molecule has 0 amide bonds. The number of pyridine rings is 1. The maximum absolute atomic E-state index is 5.98. The van der Waals surface area contributed by atoms with E-state index < -0.39 is 0 Å². The van der Waals surface area contributed by atoms with Gasteiger partial charge in [0, 0.05) is 11.8 Å². The maximum Gasteiger partial charge on any atom is 0.213 e. The summed E-state index contributed by atoms with van der Waals surface area (Å²) in [6.07, 6.45) is 3.25. The number of aryl methyl sites for hydroxylation is 1. The van der Waals surface area contributed by atoms with E-state index in [-0.39, 0.29) is 0 Å². The fraction of sp³-hybridized carbons (Fsp3) is 0.267. The van der Waals surface area contributed by atoms with E-state index in [9.17, 15) is 0 Å². The van der Waals surface area contributed by atoms with Crippen molar-refractivity contribution in [2.24, 2.45) is 0 Å². The number of nitrogens with two attached hydrogens (primary N) is 1. The number of fused-ring (bicyclic) bond motifs is 1. The monoisotopic (exact) mass is 283 g/mol. The van der Waals surface area contributed by atoms with Crippen LogP contribution >= 0.6 is 0 Å². The topological polar surface area (TPSA) is 78.9 Å². The van der Waals surface area contributed by atoms with E-state index in [0.29, 0.717) is 18.3 Å². The number of ether oxygens (including phenoxy) is 1. The van der Waals surface area contributed by atoms with Gasteiger partial charge in [-0.3, -0.25) is 4.57 Å². The van der Waals surface area contributed by atoms with Crippen molar-refractivity contribution in [2.75, 3.05) is 12.3 Å². The number of nitrogens with zero attached hydrogens (tertiary/aromatic N) is 4. The highest BCUT2D eigenvalue weighted by atomic mass is 16.5. The van der Waals surface area contributed by atoms with E-state index in [4.69, 9.17) is 10.5 Å². The van der Waals surface area contributed by atoms with Crippen LogP contribution in [0.2, 0.25) is 0 Å². The molecule has 0 aliphatic rings. The fourth-order valence-corrected chi connectivity index (χ4v) is 2.48. The molecule has 0 bridgehead atoms. The van der Waals surface area contributed by atoms with Gasteiger partial charge in [-0.1, -0.05) is 0 Å². The van der Waals surface area contributed by atoms with Gasteiger partial charge in [-0.15, -0.1) is 0 Å². The van der Waals surface area contributed by atoms with Gasteiger partial charge in [-0.2, -0.15) is 0 Å². The summed E-state index contributed by atoms with van der Waals surface area (Å²) in [5, 5.41) is 0.892. The Morgan fingerprint density at radius 3 is 2.67 bits per heavy atom. The summed E-state index contributed by atoms with van der Waals surface area (Å²) in [4.78, 5) is 12.8. The molecule has 21 heavy (non-hydrogen) atoms. The molecule has 0 saturated carbocycles. The van der Waals surface area contributed by atoms with E-state index in [2.05, 4.69) is 15.0 Å². The Kier molecular flexibility index (Phi) is 3.21. The Labute approximate surface area is 122 Å². The first-order valence-electron chi connectivity index (χ1n) is 6.80. The van der Waals surface area contributed by atoms with Crippen LogP contribution in [0.4, 0.5) is 5.82 Å². The zero-order valence-corrected chi connectivity index (χ0v) is 12.3. The first-order valence-corrected chi connectivity index (χ1v) is 6.80. The number of aromatic nitrogens is 4. The highest BCUT2D eigenvalue weighted by molar-refractivity contribution is 5.91. The van der Waals surface area contributed by atoms with Gasteiger partial charge in [0.25, 0.3) is 0 Å². The van der Waals surface area contributed by atoms with Gasteiger partial charge in [0.05, 0.1) is 23.9 Å². The lowest BCUT2D eigenvalue weighted by Crippen LogP contribution is -2.01. The maximum atomic E-state index is 5.98. The van der Waals surface area contributed by atoms with Crippen molar-refractivity contribution in [2.45, 2.75) is 20.8 Å². The lowest BCUT2D eigenvalue weighted by Gasteiger charge is -2.08. The van der Waals surface area contributed by atoms with Crippen molar-refractivity contribution in [3.8, 4) is 11.6 Å². The highest BCUT2D eigenvalue weighted by Crippen LogP contribution is 2.29. The third-order valence-electron chi connectivity index (χ3n) is 3.59. The molecule has 6 nitrogen and oxygen atoms in total. The lowest BCUT2D eigenvalue weighted by atomic mass is 10.2. The molecule has 3 heterocycles. The molecule has 0 atom stereocenters. The minimum Gasteiger partial charge on any atom is -0.478 e. The Morgan fingerprint density at radius 1 is 1.19 bits per heavy atom. The third-order valence-corrected chi connectivity index (χ3v) is 3.59. The van der Waals surface area contributed by atoms with Crippen LogP contribution in [0, 0.1) is 13.8 Å². The zero-order valence-electron chi connectivity index (χ0n) is 12.3. The standard InChI is InChI=1S/C15H17N5O/c1-4-21-12-6-5-11(7-17-12)20-10(3)9(2)13-14(16)18-8-19-15(13)20/h5-8H,4H2,1-3H3,(H2,16,18,19). The summed E-state index contributed by atoms with van der Waals surface area (Å²) in [7, 11) is 0. The summed E-state index contributed by atoms with van der Waals surface area (Å²) < 4.78 is 7.41. The Bertz CT molecular complexity index is 792. The summed E-state index contributed by atoms with van der Waals surface area (Å²) in [5.41, 5.74) is 9.85. The van der Waals surface area contributed by atoms with Crippen molar-refractivity contribution < 1.29 is 4.74 Å². The Balaban J connectivity index is 2.20. The lowest BCUT2D eigenvalue weighted by molar-refractivity contribution is 0.327. The van der Waals surface area contributed by atoms with E-state index in [1.807, 2.05) is 37.5 Å². The molecule has 0 aliphatic carbocycles. The van der Waals surface area contributed by atoms with Crippen LogP contribution in [0.1, 0.15) is 18.2 Å². The minimum atomic E-state index is 0.498. The van der Waals surface area contributed by atoms with Crippen LogP contribution in [0.3, 0.4) is 0 Å². The number of hydrogen-bond donors (Lipinski definition) is 1. The molecule has 0 saturated heterocycles. The predicted molar refractivity (Wildman–Crippen MR) is 81.7 cm³/mol. The van der Waals surface area contributed by atoms with Gasteiger partial charge >= 0.3 is 0 Å². The minimum absolute atomic E-state index is 0.498. The second kappa shape index (κ2) is 5.05. The Morgan fingerprint density at radius 2 is 2.00 bits per heavy atom. The first-order chi connectivity index (χ1) is 10.1. The second-order valence-electron chi connectivity index (χ2n) is 4.79. The van der Waals surface area contributed by atoms with E-state index >= 15 is 0 Å². The summed E-state index contributed by atoms with van der Waals surface area (Å²) in [6, 6.07) is 3.81. The molecule has 108 valence electrons. The molecule has 0 aromatic carbocycles. The molecule has 0 unspecified atom stereocenters. The van der Waals surface area contributed by atoms with Gasteiger partial charge < -0.3 is 10.5 Å². The van der Waals surface area contributed by atoms with Crippen LogP contribution in [0.5, 0.6) is 5.88 Å². The van der Waals surface area contributed by atoms with Crippen molar-refractivity contribution in [3.05, 3.63) is 35.9 Å². The van der Waals surface area contributed by atoms with E-state index in [1.165, 1.54) is 6.33 Å². The molecule has 2 N–H and O–H groups in total. The number of rotatable bonds is 3. The molecule has 0 radical (unpaired) electrons. The van der Waals surface area contributed by atoms with Gasteiger partial charge in [0.1, 0.15) is 12.1 Å². The average Bonchev–Trinajstić information content (AvgIpc) is 2.74. The van der Waals surface area contributed by atoms with Crippen LogP contribution < -0.4 is 10.5 Å². The van der Waals surface area contributed by atoms with Gasteiger partial charge in [0.15, 0.2) is 5.65 Å². The van der Waals surface area contributed by atoms with Gasteiger partial charge in [-0.25, -0.2) is 15.0 Å². The van der Waals surface area contributed by atoms with Crippen molar-refractivity contribution in [1.29, 1.82) is 0 Å². The summed E-state index contributed by atoms with van der Waals surface area (Å²) in [6.45, 7) is 6.59. The number of anilines is 1. The molecule has 3 aromatic rings. The van der Waals surface area contributed by atoms with Crippen molar-refractivity contribution in [1.82, 2.24) is 19.5 Å². The van der Waals surface area contributed by atoms with Crippen molar-refractivity contribution in [3.63, 3.8) is 0 Å². The molecule has 6 heteroatoms. The third kappa shape index (κ3) is 2.08. The van der Waals surface area contributed by atoms with Gasteiger partial charge in [0.2, 0.25) is 5.88 Å². The largest absolute Gasteiger partial charge is 0.478 e. The van der Waals surface area contributed by atoms with Crippen LogP contribution in [0.25, 0.3) is 16.7 Å². The molecular formula is C15H17N5O.